The first-order valence-corrected chi connectivity index (χ1v) is 7.25. The fourth-order valence-electron chi connectivity index (χ4n) is 1.79. The zero-order chi connectivity index (χ0) is 14.0. The quantitative estimate of drug-likeness (QED) is 0.809. The minimum absolute atomic E-state index is 0.0226. The van der Waals surface area contributed by atoms with Gasteiger partial charge in [0.05, 0.1) is 10.6 Å². The summed E-state index contributed by atoms with van der Waals surface area (Å²) in [6.45, 7) is 5.59. The Morgan fingerprint density at radius 1 is 1.39 bits per heavy atom. The molecule has 1 rings (SSSR count). The van der Waals surface area contributed by atoms with Crippen LogP contribution in [0, 0.1) is 5.82 Å². The lowest BCUT2D eigenvalue weighted by Gasteiger charge is -2.25. The monoisotopic (exact) mass is 274 g/mol. The molecular formula is C12H19FN2O2S. The van der Waals surface area contributed by atoms with Crippen LogP contribution in [-0.4, -0.2) is 14.0 Å². The van der Waals surface area contributed by atoms with E-state index in [9.17, 15) is 12.8 Å². The van der Waals surface area contributed by atoms with Crippen molar-refractivity contribution < 1.29 is 12.8 Å². The van der Waals surface area contributed by atoms with Gasteiger partial charge in [0.1, 0.15) is 5.82 Å². The van der Waals surface area contributed by atoms with Crippen LogP contribution in [0.4, 0.5) is 10.1 Å². The summed E-state index contributed by atoms with van der Waals surface area (Å²) in [7, 11) is -3.68. The molecule has 0 heterocycles. The molecule has 1 aromatic rings. The first-order valence-electron chi connectivity index (χ1n) is 5.77. The van der Waals surface area contributed by atoms with Crippen LogP contribution in [0.5, 0.6) is 0 Å². The van der Waals surface area contributed by atoms with Crippen LogP contribution in [0.2, 0.25) is 0 Å². The third-order valence-electron chi connectivity index (χ3n) is 2.56. The van der Waals surface area contributed by atoms with Crippen molar-refractivity contribution in [1.82, 2.24) is 4.72 Å². The van der Waals surface area contributed by atoms with E-state index in [2.05, 4.69) is 4.72 Å². The van der Waals surface area contributed by atoms with Gasteiger partial charge in [-0.25, -0.2) is 17.5 Å². The molecule has 0 aliphatic carbocycles. The minimum Gasteiger partial charge on any atom is -0.396 e. The fraction of sp³-hybridized carbons (Fsp3) is 0.500. The SMILES string of the molecule is CCCC(C)(C)NS(=O)(=O)c1ccc(F)c(N)c1. The molecule has 102 valence electrons. The molecule has 0 saturated carbocycles. The topological polar surface area (TPSA) is 72.2 Å². The first-order chi connectivity index (χ1) is 8.18. The number of sulfonamides is 1. The van der Waals surface area contributed by atoms with Gasteiger partial charge in [0.25, 0.3) is 0 Å². The largest absolute Gasteiger partial charge is 0.396 e. The number of halogens is 1. The fourth-order valence-corrected chi connectivity index (χ4v) is 3.26. The Morgan fingerprint density at radius 2 is 2.00 bits per heavy atom. The van der Waals surface area contributed by atoms with Crippen molar-refractivity contribution in [3.8, 4) is 0 Å². The third kappa shape index (κ3) is 3.68. The van der Waals surface area contributed by atoms with E-state index in [-0.39, 0.29) is 10.6 Å². The van der Waals surface area contributed by atoms with Gasteiger partial charge in [-0.1, -0.05) is 13.3 Å². The standard InChI is InChI=1S/C12H19FN2O2S/c1-4-7-12(2,3)15-18(16,17)9-5-6-10(13)11(14)8-9/h5-6,8,15H,4,7,14H2,1-3H3. The molecule has 0 spiro atoms. The van der Waals surface area contributed by atoms with E-state index >= 15 is 0 Å². The number of nitrogens with two attached hydrogens (primary N) is 1. The Hall–Kier alpha value is -1.14. The Labute approximate surface area is 107 Å². The van der Waals surface area contributed by atoms with Crippen molar-refractivity contribution in [3.05, 3.63) is 24.0 Å². The molecule has 3 N–H and O–H groups in total. The number of hydrogen-bond acceptors (Lipinski definition) is 3. The lowest BCUT2D eigenvalue weighted by molar-refractivity contribution is 0.417. The second-order valence-corrected chi connectivity index (χ2v) is 6.61. The molecule has 6 heteroatoms. The lowest BCUT2D eigenvalue weighted by atomic mass is 10.0. The highest BCUT2D eigenvalue weighted by atomic mass is 32.2. The number of nitrogen functional groups attached to an aromatic ring is 1. The van der Waals surface area contributed by atoms with E-state index in [1.165, 1.54) is 6.07 Å². The highest BCUT2D eigenvalue weighted by molar-refractivity contribution is 7.89. The van der Waals surface area contributed by atoms with E-state index in [4.69, 9.17) is 5.73 Å². The molecule has 0 aliphatic rings. The summed E-state index contributed by atoms with van der Waals surface area (Å²) in [5, 5.41) is 0. The Kier molecular flexibility index (Phi) is 4.34. The van der Waals surface area contributed by atoms with Gasteiger partial charge in [0.2, 0.25) is 10.0 Å². The summed E-state index contributed by atoms with van der Waals surface area (Å²) in [5.74, 6) is -0.623. The van der Waals surface area contributed by atoms with Gasteiger partial charge in [-0.05, 0) is 38.5 Å². The number of rotatable bonds is 5. The number of anilines is 1. The van der Waals surface area contributed by atoms with Gasteiger partial charge in [0, 0.05) is 5.54 Å². The van der Waals surface area contributed by atoms with Crippen LogP contribution in [0.15, 0.2) is 23.1 Å². The van der Waals surface area contributed by atoms with Crippen LogP contribution in [-0.2, 0) is 10.0 Å². The predicted molar refractivity (Wildman–Crippen MR) is 70.1 cm³/mol. The summed E-state index contributed by atoms with van der Waals surface area (Å²) in [6.07, 6.45) is 1.57. The molecule has 0 fully saturated rings. The molecule has 0 bridgehead atoms. The van der Waals surface area contributed by atoms with Crippen molar-refractivity contribution in [2.45, 2.75) is 44.0 Å². The highest BCUT2D eigenvalue weighted by Gasteiger charge is 2.25. The number of hydrogen-bond donors (Lipinski definition) is 2. The molecule has 18 heavy (non-hydrogen) atoms. The van der Waals surface area contributed by atoms with Crippen LogP contribution in [0.1, 0.15) is 33.6 Å². The van der Waals surface area contributed by atoms with Gasteiger partial charge in [-0.3, -0.25) is 0 Å². The number of benzene rings is 1. The molecule has 4 nitrogen and oxygen atoms in total. The average Bonchev–Trinajstić information content (AvgIpc) is 2.20. The van der Waals surface area contributed by atoms with Crippen molar-refractivity contribution in [1.29, 1.82) is 0 Å². The van der Waals surface area contributed by atoms with Crippen molar-refractivity contribution in [3.63, 3.8) is 0 Å². The minimum atomic E-state index is -3.68. The maximum Gasteiger partial charge on any atom is 0.241 e. The maximum atomic E-state index is 13.0. The van der Waals surface area contributed by atoms with E-state index < -0.39 is 21.4 Å². The molecule has 0 atom stereocenters. The van der Waals surface area contributed by atoms with Crippen molar-refractivity contribution in [2.24, 2.45) is 0 Å². The van der Waals surface area contributed by atoms with Crippen LogP contribution in [0.25, 0.3) is 0 Å². The molecule has 0 unspecified atom stereocenters. The second-order valence-electron chi connectivity index (χ2n) is 4.92. The van der Waals surface area contributed by atoms with Gasteiger partial charge < -0.3 is 5.73 Å². The Bertz CT molecular complexity index is 527. The molecule has 0 radical (unpaired) electrons. The lowest BCUT2D eigenvalue weighted by Crippen LogP contribution is -2.43. The molecule has 0 saturated heterocycles. The highest BCUT2D eigenvalue weighted by Crippen LogP contribution is 2.20. The second kappa shape index (κ2) is 5.24. The molecule has 0 amide bonds. The zero-order valence-electron chi connectivity index (χ0n) is 10.8. The molecule has 0 aromatic heterocycles. The van der Waals surface area contributed by atoms with Crippen molar-refractivity contribution >= 4 is 15.7 Å². The smallest absolute Gasteiger partial charge is 0.241 e. The van der Waals surface area contributed by atoms with Gasteiger partial charge >= 0.3 is 0 Å². The van der Waals surface area contributed by atoms with Gasteiger partial charge in [-0.15, -0.1) is 0 Å². The third-order valence-corrected chi connectivity index (χ3v) is 4.26. The van der Waals surface area contributed by atoms with Crippen LogP contribution >= 0.6 is 0 Å². The number of nitrogens with one attached hydrogen (secondary N) is 1. The summed E-state index contributed by atoms with van der Waals surface area (Å²) in [5.41, 5.74) is 4.65. The Balaban J connectivity index is 3.03. The van der Waals surface area contributed by atoms with Crippen LogP contribution < -0.4 is 10.5 Å². The van der Waals surface area contributed by atoms with E-state index in [1.807, 2.05) is 6.92 Å². The summed E-state index contributed by atoms with van der Waals surface area (Å²) < 4.78 is 39.8. The summed E-state index contributed by atoms with van der Waals surface area (Å²) in [4.78, 5) is -0.0226. The predicted octanol–water partition coefficient (Wildman–Crippen LogP) is 2.26. The van der Waals surface area contributed by atoms with Crippen LogP contribution in [0.3, 0.4) is 0 Å². The van der Waals surface area contributed by atoms with E-state index in [1.54, 1.807) is 13.8 Å². The van der Waals surface area contributed by atoms with Gasteiger partial charge in [-0.2, -0.15) is 0 Å². The average molecular weight is 274 g/mol. The normalized spacial score (nSPS) is 12.7. The Morgan fingerprint density at radius 3 is 2.50 bits per heavy atom. The molecule has 1 aromatic carbocycles. The zero-order valence-corrected chi connectivity index (χ0v) is 11.6. The summed E-state index contributed by atoms with van der Waals surface area (Å²) >= 11 is 0. The molecular weight excluding hydrogens is 255 g/mol. The molecule has 0 aliphatic heterocycles. The maximum absolute atomic E-state index is 13.0. The van der Waals surface area contributed by atoms with E-state index in [0.29, 0.717) is 6.42 Å². The van der Waals surface area contributed by atoms with E-state index in [0.717, 1.165) is 18.6 Å². The van der Waals surface area contributed by atoms with Gasteiger partial charge in [0.15, 0.2) is 0 Å². The first kappa shape index (κ1) is 14.9. The van der Waals surface area contributed by atoms with Crippen molar-refractivity contribution in [2.75, 3.05) is 5.73 Å². The summed E-state index contributed by atoms with van der Waals surface area (Å²) in [6, 6.07) is 3.38.